The van der Waals surface area contributed by atoms with Crippen LogP contribution in [0.1, 0.15) is 0 Å². The Bertz CT molecular complexity index is 158. The Balaban J connectivity index is 4.41. The first-order valence-electron chi connectivity index (χ1n) is 0.993. The highest BCUT2D eigenvalue weighted by atomic mass is 32.2. The van der Waals surface area contributed by atoms with Gasteiger partial charge in [0, 0.05) is 0 Å². The van der Waals surface area contributed by atoms with E-state index in [0.29, 0.717) is 0 Å². The topological polar surface area (TPSA) is 54.0 Å². The minimum absolute atomic E-state index is 1.02. The highest BCUT2D eigenvalue weighted by Gasteiger charge is 1.93. The van der Waals surface area contributed by atoms with E-state index >= 15 is 0 Å². The van der Waals surface area contributed by atoms with Gasteiger partial charge in [0.1, 0.15) is 0 Å². The summed E-state index contributed by atoms with van der Waals surface area (Å²) < 4.78 is 27.6. The molecule has 0 aromatic rings. The maximum Gasteiger partial charge on any atom is 0.364 e. The molecule has 0 N–H and O–H groups in total. The molecule has 0 aliphatic carbocycles. The molecule has 0 saturated heterocycles. The van der Waals surface area contributed by atoms with Crippen LogP contribution in [-0.2, 0) is 14.7 Å². The Morgan fingerprint density at radius 3 is 1.67 bits per heavy atom. The van der Waals surface area contributed by atoms with Gasteiger partial charge in [0.15, 0.2) is 0 Å². The molecule has 0 saturated carbocycles. The molecule has 0 heterocycles. The zero-order chi connectivity index (χ0) is 5.21. The third kappa shape index (κ3) is 3.47. The molecule has 6 heavy (non-hydrogen) atoms. The van der Waals surface area contributed by atoms with Gasteiger partial charge in [-0.25, -0.2) is 0 Å². The first-order valence-corrected chi connectivity index (χ1v) is 2.40. The van der Waals surface area contributed by atoms with Gasteiger partial charge in [-0.1, -0.05) is 4.55 Å². The molecular weight excluding hydrogens is 104 g/mol. The van der Waals surface area contributed by atoms with Crippen LogP contribution in [0.25, 0.3) is 0 Å². The van der Waals surface area contributed by atoms with Crippen molar-refractivity contribution >= 4 is 10.1 Å². The van der Waals surface area contributed by atoms with E-state index in [1.165, 1.54) is 0 Å². The lowest BCUT2D eigenvalue weighted by Crippen LogP contribution is -1.84. The molecule has 0 aliphatic heterocycles. The van der Waals surface area contributed by atoms with Crippen LogP contribution in [0, 0.1) is 11.7 Å². The Morgan fingerprint density at radius 1 is 1.50 bits per heavy atom. The highest BCUT2D eigenvalue weighted by Crippen LogP contribution is 1.70. The van der Waals surface area contributed by atoms with Crippen LogP contribution in [0.3, 0.4) is 0 Å². The number of rotatable bonds is 0. The molecule has 1 radical (unpaired) electrons. The van der Waals surface area contributed by atoms with E-state index in [0.717, 1.165) is 5.25 Å². The average molecular weight is 105 g/mol. The van der Waals surface area contributed by atoms with Crippen molar-refractivity contribution in [3.8, 4) is 11.7 Å². The Morgan fingerprint density at radius 2 is 1.67 bits per heavy atom. The summed E-state index contributed by atoms with van der Waals surface area (Å²) >= 11 is 0. The van der Waals surface area contributed by atoms with Crippen molar-refractivity contribution in [2.75, 3.05) is 0 Å². The molecule has 0 unspecified atom stereocenters. The molecule has 0 aromatic carbocycles. The summed E-state index contributed by atoms with van der Waals surface area (Å²) in [7, 11) is -4.38. The lowest BCUT2D eigenvalue weighted by atomic mass is 11.4. The third-order valence-electron chi connectivity index (χ3n) is 0.144. The van der Waals surface area contributed by atoms with Gasteiger partial charge in [-0.05, 0) is 0 Å². The first kappa shape index (κ1) is 5.47. The van der Waals surface area contributed by atoms with E-state index in [9.17, 15) is 13.0 Å². The van der Waals surface area contributed by atoms with Gasteiger partial charge < -0.3 is 0 Å². The van der Waals surface area contributed by atoms with E-state index in [1.54, 1.807) is 0 Å². The van der Waals surface area contributed by atoms with Crippen molar-refractivity contribution in [3.05, 3.63) is 0 Å². The summed E-state index contributed by atoms with van der Waals surface area (Å²) in [5, 5.41) is 1.02. The van der Waals surface area contributed by atoms with Crippen molar-refractivity contribution in [2.24, 2.45) is 0 Å². The molecule has 0 amide bonds. The van der Waals surface area contributed by atoms with Crippen LogP contribution in [0.5, 0.6) is 0 Å². The van der Waals surface area contributed by atoms with E-state index in [-0.39, 0.29) is 0 Å². The summed E-state index contributed by atoms with van der Waals surface area (Å²) in [5.74, 6) is 0. The second-order valence-corrected chi connectivity index (χ2v) is 1.72. The molecule has 0 fully saturated rings. The number of terminal acetylenes is 1. The van der Waals surface area contributed by atoms with Gasteiger partial charge in [0.2, 0.25) is 0 Å². The zero-order valence-corrected chi connectivity index (χ0v) is 3.53. The van der Waals surface area contributed by atoms with Crippen LogP contribution < -0.4 is 0 Å². The van der Waals surface area contributed by atoms with Crippen LogP contribution in [-0.4, -0.2) is 8.42 Å². The van der Waals surface area contributed by atoms with Gasteiger partial charge in [0.25, 0.3) is 0 Å². The molecule has 3 nitrogen and oxygen atoms in total. The first-order chi connectivity index (χ1) is 2.56. The monoisotopic (exact) mass is 105 g/mol. The van der Waals surface area contributed by atoms with Gasteiger partial charge in [0.05, 0.1) is 5.25 Å². The zero-order valence-electron chi connectivity index (χ0n) is 2.71. The largest absolute Gasteiger partial charge is 0.364 e. The van der Waals surface area contributed by atoms with Crippen molar-refractivity contribution in [1.82, 2.24) is 0 Å². The molecule has 0 rings (SSSR count). The predicted octanol–water partition coefficient (Wildman–Crippen LogP) is -0.663. The number of hydrogen-bond donors (Lipinski definition) is 0. The summed E-state index contributed by atoms with van der Waals surface area (Å²) in [4.78, 5) is 0. The average Bonchev–Trinajstić information content (AvgIpc) is 1.35. The Hall–Kier alpha value is -0.530. The SMILES string of the molecule is C#CS([O])(=O)=O. The normalized spacial score (nSPS) is 10.0. The quantitative estimate of drug-likeness (QED) is 0.384. The summed E-state index contributed by atoms with van der Waals surface area (Å²) in [6, 6.07) is 0. The van der Waals surface area contributed by atoms with Gasteiger partial charge in [-0.2, -0.15) is 8.42 Å². The maximum absolute atomic E-state index is 9.21. The number of hydrogen-bond acceptors (Lipinski definition) is 2. The summed E-state index contributed by atoms with van der Waals surface area (Å²) in [5.41, 5.74) is 0. The van der Waals surface area contributed by atoms with E-state index in [2.05, 4.69) is 6.42 Å². The van der Waals surface area contributed by atoms with Crippen molar-refractivity contribution in [1.29, 1.82) is 0 Å². The molecule has 33 valence electrons. The molecule has 0 aliphatic rings. The minimum Gasteiger partial charge on any atom is -0.183 e. The molecule has 0 spiro atoms. The standard InChI is InChI=1S/C2HO3S/c1-2-6(3,4)5/h1H. The summed E-state index contributed by atoms with van der Waals surface area (Å²) in [6.45, 7) is 0. The second kappa shape index (κ2) is 1.29. The van der Waals surface area contributed by atoms with Gasteiger partial charge >= 0.3 is 10.1 Å². The molecule has 0 bridgehead atoms. The summed E-state index contributed by atoms with van der Waals surface area (Å²) in [6.07, 6.45) is 4.16. The van der Waals surface area contributed by atoms with Crippen molar-refractivity contribution in [2.45, 2.75) is 0 Å². The van der Waals surface area contributed by atoms with Crippen LogP contribution >= 0.6 is 0 Å². The highest BCUT2D eigenvalue weighted by molar-refractivity contribution is 7.90. The Labute approximate surface area is 35.7 Å². The van der Waals surface area contributed by atoms with Crippen LogP contribution in [0.4, 0.5) is 0 Å². The fourth-order valence-corrected chi connectivity index (χ4v) is 0. The lowest BCUT2D eigenvalue weighted by Gasteiger charge is -1.64. The van der Waals surface area contributed by atoms with Crippen molar-refractivity contribution in [3.63, 3.8) is 0 Å². The molecule has 0 aromatic heterocycles. The van der Waals surface area contributed by atoms with E-state index in [1.807, 2.05) is 0 Å². The fraction of sp³-hybridized carbons (Fsp3) is 0. The van der Waals surface area contributed by atoms with Crippen LogP contribution in [0.2, 0.25) is 0 Å². The lowest BCUT2D eigenvalue weighted by molar-refractivity contribution is 0.426. The molecular formula is C2HO3S. The fourth-order valence-electron chi connectivity index (χ4n) is 0. The van der Waals surface area contributed by atoms with E-state index < -0.39 is 10.1 Å². The Kier molecular flexibility index (Phi) is 1.17. The third-order valence-corrected chi connectivity index (χ3v) is 0.433. The van der Waals surface area contributed by atoms with Crippen molar-refractivity contribution < 1.29 is 13.0 Å². The maximum atomic E-state index is 9.21. The predicted molar refractivity (Wildman–Crippen MR) is 18.4 cm³/mol. The molecule has 4 heteroatoms. The van der Waals surface area contributed by atoms with E-state index in [4.69, 9.17) is 0 Å². The smallest absolute Gasteiger partial charge is 0.183 e. The minimum atomic E-state index is -4.38. The second-order valence-electron chi connectivity index (χ2n) is 0.572. The van der Waals surface area contributed by atoms with Gasteiger partial charge in [-0.15, -0.1) is 6.42 Å². The molecule has 0 atom stereocenters. The van der Waals surface area contributed by atoms with Gasteiger partial charge in [-0.3, -0.25) is 0 Å². The van der Waals surface area contributed by atoms with Crippen LogP contribution in [0.15, 0.2) is 0 Å².